The number of benzene rings is 2. The van der Waals surface area contributed by atoms with Gasteiger partial charge in [-0.1, -0.05) is 30.3 Å². The van der Waals surface area contributed by atoms with Crippen molar-refractivity contribution < 1.29 is 14.0 Å². The van der Waals surface area contributed by atoms with Crippen molar-refractivity contribution in [3.05, 3.63) is 83.4 Å². The number of nitrogens with zero attached hydrogens (tertiary/aromatic N) is 1. The van der Waals surface area contributed by atoms with Crippen LogP contribution in [0.4, 0.5) is 10.1 Å². The van der Waals surface area contributed by atoms with Crippen LogP contribution < -0.4 is 5.32 Å². The monoisotopic (exact) mass is 336 g/mol. The summed E-state index contributed by atoms with van der Waals surface area (Å²) in [4.78, 5) is 24.8. The Morgan fingerprint density at radius 2 is 1.60 bits per heavy atom. The van der Waals surface area contributed by atoms with Gasteiger partial charge in [0.1, 0.15) is 5.82 Å². The van der Waals surface area contributed by atoms with Crippen molar-refractivity contribution in [2.75, 3.05) is 5.32 Å². The van der Waals surface area contributed by atoms with E-state index in [2.05, 4.69) is 5.32 Å². The van der Waals surface area contributed by atoms with Crippen molar-refractivity contribution in [3.63, 3.8) is 0 Å². The Labute approximate surface area is 144 Å². The molecular formula is C20H17FN2O2. The molecule has 3 aromatic rings. The summed E-state index contributed by atoms with van der Waals surface area (Å²) in [7, 11) is 0. The second-order valence-electron chi connectivity index (χ2n) is 5.72. The topological polar surface area (TPSA) is 51.1 Å². The molecule has 0 aliphatic carbocycles. The molecule has 0 bridgehead atoms. The molecule has 0 saturated heterocycles. The minimum atomic E-state index is -0.863. The Hall–Kier alpha value is -3.21. The van der Waals surface area contributed by atoms with E-state index in [-0.39, 0.29) is 5.69 Å². The van der Waals surface area contributed by atoms with E-state index < -0.39 is 17.5 Å². The van der Waals surface area contributed by atoms with Crippen LogP contribution in [-0.2, 0) is 4.79 Å². The molecule has 25 heavy (non-hydrogen) atoms. The molecule has 1 heterocycles. The standard InChI is InChI=1S/C20H17FN2O2/c1-13-12-16(14(2)23(13)15-8-4-3-5-9-15)19(24)20(25)22-18-11-7-6-10-17(18)21/h3-12H,1-2H3,(H,22,25). The molecule has 0 aliphatic heterocycles. The third-order valence-electron chi connectivity index (χ3n) is 4.02. The van der Waals surface area contributed by atoms with Crippen LogP contribution in [0, 0.1) is 19.7 Å². The van der Waals surface area contributed by atoms with E-state index >= 15 is 0 Å². The van der Waals surface area contributed by atoms with E-state index in [4.69, 9.17) is 0 Å². The maximum Gasteiger partial charge on any atom is 0.296 e. The number of carbonyl (C=O) groups excluding carboxylic acids is 2. The van der Waals surface area contributed by atoms with Gasteiger partial charge in [0.25, 0.3) is 11.7 Å². The average molecular weight is 336 g/mol. The molecule has 1 aromatic heterocycles. The van der Waals surface area contributed by atoms with Gasteiger partial charge in [-0.3, -0.25) is 9.59 Å². The van der Waals surface area contributed by atoms with Gasteiger partial charge < -0.3 is 9.88 Å². The summed E-state index contributed by atoms with van der Waals surface area (Å²) in [6.07, 6.45) is 0. The number of halogens is 1. The SMILES string of the molecule is Cc1cc(C(=O)C(=O)Nc2ccccc2F)c(C)n1-c1ccccc1. The highest BCUT2D eigenvalue weighted by Crippen LogP contribution is 2.22. The van der Waals surface area contributed by atoms with Crippen LogP contribution in [0.5, 0.6) is 0 Å². The van der Waals surface area contributed by atoms with Gasteiger partial charge in [0, 0.05) is 22.6 Å². The summed E-state index contributed by atoms with van der Waals surface area (Å²) in [5.74, 6) is -2.14. The zero-order valence-corrected chi connectivity index (χ0v) is 13.9. The number of aryl methyl sites for hydroxylation is 1. The number of rotatable bonds is 4. The number of amides is 1. The normalized spacial score (nSPS) is 10.5. The third kappa shape index (κ3) is 3.21. The highest BCUT2D eigenvalue weighted by Gasteiger charge is 2.23. The Morgan fingerprint density at radius 3 is 2.28 bits per heavy atom. The minimum absolute atomic E-state index is 0.0160. The van der Waals surface area contributed by atoms with Gasteiger partial charge in [-0.25, -0.2) is 4.39 Å². The van der Waals surface area contributed by atoms with Crippen LogP contribution in [0.15, 0.2) is 60.7 Å². The molecule has 126 valence electrons. The molecule has 3 rings (SSSR count). The van der Waals surface area contributed by atoms with Gasteiger partial charge in [0.2, 0.25) is 0 Å². The van der Waals surface area contributed by atoms with E-state index in [1.54, 1.807) is 19.1 Å². The van der Waals surface area contributed by atoms with Crippen molar-refractivity contribution in [1.82, 2.24) is 4.57 Å². The Morgan fingerprint density at radius 1 is 0.960 bits per heavy atom. The first kappa shape index (κ1) is 16.6. The van der Waals surface area contributed by atoms with E-state index in [0.717, 1.165) is 11.4 Å². The molecule has 2 aromatic carbocycles. The number of Topliss-reactive ketones (excluding diaryl/α,β-unsaturated/α-hetero) is 1. The molecule has 0 atom stereocenters. The largest absolute Gasteiger partial charge is 0.318 e. The van der Waals surface area contributed by atoms with E-state index in [9.17, 15) is 14.0 Å². The molecule has 4 nitrogen and oxygen atoms in total. The molecule has 1 amide bonds. The summed E-state index contributed by atoms with van der Waals surface area (Å²) >= 11 is 0. The number of para-hydroxylation sites is 2. The molecule has 0 spiro atoms. The molecule has 5 heteroatoms. The predicted molar refractivity (Wildman–Crippen MR) is 94.6 cm³/mol. The highest BCUT2D eigenvalue weighted by molar-refractivity contribution is 6.46. The van der Waals surface area contributed by atoms with Crippen molar-refractivity contribution >= 4 is 17.4 Å². The van der Waals surface area contributed by atoms with Crippen LogP contribution in [-0.4, -0.2) is 16.3 Å². The fourth-order valence-corrected chi connectivity index (χ4v) is 2.83. The summed E-state index contributed by atoms with van der Waals surface area (Å²) < 4.78 is 15.6. The molecule has 1 N–H and O–H groups in total. The van der Waals surface area contributed by atoms with Gasteiger partial charge in [-0.2, -0.15) is 0 Å². The fourth-order valence-electron chi connectivity index (χ4n) is 2.83. The number of nitrogens with one attached hydrogen (secondary N) is 1. The first-order chi connectivity index (χ1) is 12.0. The maximum absolute atomic E-state index is 13.7. The Balaban J connectivity index is 1.91. The average Bonchev–Trinajstić information content (AvgIpc) is 2.91. The lowest BCUT2D eigenvalue weighted by molar-refractivity contribution is -0.112. The number of anilines is 1. The van der Waals surface area contributed by atoms with Crippen LogP contribution in [0.25, 0.3) is 5.69 Å². The molecule has 0 radical (unpaired) electrons. The van der Waals surface area contributed by atoms with Gasteiger partial charge in [0.05, 0.1) is 5.69 Å². The van der Waals surface area contributed by atoms with Crippen LogP contribution in [0.3, 0.4) is 0 Å². The summed E-state index contributed by atoms with van der Waals surface area (Å²) in [5, 5.41) is 2.33. The molecular weight excluding hydrogens is 319 g/mol. The quantitative estimate of drug-likeness (QED) is 0.577. The second-order valence-corrected chi connectivity index (χ2v) is 5.72. The van der Waals surface area contributed by atoms with Crippen molar-refractivity contribution in [2.24, 2.45) is 0 Å². The Kier molecular flexibility index (Phi) is 4.48. The molecule has 0 saturated carbocycles. The predicted octanol–water partition coefficient (Wildman–Crippen LogP) is 4.05. The van der Waals surface area contributed by atoms with E-state index in [0.29, 0.717) is 11.3 Å². The van der Waals surface area contributed by atoms with Gasteiger partial charge in [0.15, 0.2) is 0 Å². The smallest absolute Gasteiger partial charge is 0.296 e. The fraction of sp³-hybridized carbons (Fsp3) is 0.100. The summed E-state index contributed by atoms with van der Waals surface area (Å²) in [6.45, 7) is 3.65. The summed E-state index contributed by atoms with van der Waals surface area (Å²) in [5.41, 5.74) is 2.70. The van der Waals surface area contributed by atoms with Crippen molar-refractivity contribution in [2.45, 2.75) is 13.8 Å². The maximum atomic E-state index is 13.7. The number of hydrogen-bond donors (Lipinski definition) is 1. The zero-order valence-electron chi connectivity index (χ0n) is 13.9. The highest BCUT2D eigenvalue weighted by atomic mass is 19.1. The van der Waals surface area contributed by atoms with Gasteiger partial charge in [-0.15, -0.1) is 0 Å². The van der Waals surface area contributed by atoms with Crippen molar-refractivity contribution in [3.8, 4) is 5.69 Å². The minimum Gasteiger partial charge on any atom is -0.318 e. The lowest BCUT2D eigenvalue weighted by Gasteiger charge is -2.09. The van der Waals surface area contributed by atoms with E-state index in [1.165, 1.54) is 18.2 Å². The van der Waals surface area contributed by atoms with Gasteiger partial charge >= 0.3 is 0 Å². The van der Waals surface area contributed by atoms with Gasteiger partial charge in [-0.05, 0) is 44.2 Å². The van der Waals surface area contributed by atoms with Crippen LogP contribution >= 0.6 is 0 Å². The number of hydrogen-bond acceptors (Lipinski definition) is 2. The van der Waals surface area contributed by atoms with E-state index in [1.807, 2.05) is 41.8 Å². The first-order valence-electron chi connectivity index (χ1n) is 7.83. The van der Waals surface area contributed by atoms with Crippen molar-refractivity contribution in [1.29, 1.82) is 0 Å². The van der Waals surface area contributed by atoms with Crippen LogP contribution in [0.2, 0.25) is 0 Å². The molecule has 0 unspecified atom stereocenters. The first-order valence-corrected chi connectivity index (χ1v) is 7.83. The second kappa shape index (κ2) is 6.73. The number of ketones is 1. The number of carbonyl (C=O) groups is 2. The third-order valence-corrected chi connectivity index (χ3v) is 4.02. The zero-order chi connectivity index (χ0) is 18.0. The Bertz CT molecular complexity index is 946. The molecule has 0 fully saturated rings. The molecule has 0 aliphatic rings. The summed E-state index contributed by atoms with van der Waals surface area (Å²) in [6, 6.07) is 17.0. The number of aromatic nitrogens is 1. The lowest BCUT2D eigenvalue weighted by atomic mass is 10.1. The lowest BCUT2D eigenvalue weighted by Crippen LogP contribution is -2.23. The van der Waals surface area contributed by atoms with Crippen LogP contribution in [0.1, 0.15) is 21.7 Å².